The number of benzene rings is 1. The normalized spacial score (nSPS) is 31.2. The Morgan fingerprint density at radius 1 is 1.17 bits per heavy atom. The molecule has 3 rings (SSSR count). The van der Waals surface area contributed by atoms with Crippen molar-refractivity contribution in [1.82, 2.24) is 4.90 Å². The van der Waals surface area contributed by atoms with Gasteiger partial charge in [-0.15, -0.1) is 0 Å². The molecule has 1 saturated heterocycles. The summed E-state index contributed by atoms with van der Waals surface area (Å²) in [6.07, 6.45) is 7.59. The molecule has 2 heteroatoms. The van der Waals surface area contributed by atoms with Crippen LogP contribution in [0.3, 0.4) is 0 Å². The molecule has 1 aliphatic heterocycles. The van der Waals surface area contributed by atoms with Crippen molar-refractivity contribution in [3.8, 4) is 0 Å². The van der Waals surface area contributed by atoms with Crippen LogP contribution in [-0.2, 0) is 0 Å². The maximum atomic E-state index is 10.3. The van der Waals surface area contributed by atoms with E-state index in [1.54, 1.807) is 0 Å². The quantitative estimate of drug-likeness (QED) is 0.815. The monoisotopic (exact) mass is 240 g/mol. The summed E-state index contributed by atoms with van der Waals surface area (Å²) in [5.41, 5.74) is 1.31. The maximum Gasteiger partial charge on any atom is 0.0776 e. The van der Waals surface area contributed by atoms with E-state index in [1.165, 1.54) is 5.56 Å². The van der Waals surface area contributed by atoms with Crippen molar-refractivity contribution in [2.75, 3.05) is 6.54 Å². The summed E-state index contributed by atoms with van der Waals surface area (Å²) in [7, 11) is 0. The first-order valence-corrected chi connectivity index (χ1v) is 6.48. The fraction of sp³-hybridized carbons (Fsp3) is 0.312. The van der Waals surface area contributed by atoms with E-state index in [1.807, 2.05) is 31.7 Å². The molecule has 0 amide bonds. The molecule has 1 heterocycles. The first-order chi connectivity index (χ1) is 8.77. The van der Waals surface area contributed by atoms with E-state index in [0.717, 1.165) is 12.5 Å². The van der Waals surface area contributed by atoms with Crippen molar-refractivity contribution in [2.45, 2.75) is 25.1 Å². The van der Waals surface area contributed by atoms with Crippen LogP contribution in [0, 0.1) is 31.6 Å². The van der Waals surface area contributed by atoms with Crippen LogP contribution in [0.15, 0.2) is 30.3 Å². The van der Waals surface area contributed by atoms with Crippen molar-refractivity contribution in [1.29, 1.82) is 0 Å². The Balaban J connectivity index is 1.60. The van der Waals surface area contributed by atoms with E-state index in [9.17, 15) is 5.11 Å². The largest absolute Gasteiger partial charge is 0.391 e. The van der Waals surface area contributed by atoms with E-state index in [-0.39, 0.29) is 12.1 Å². The van der Waals surface area contributed by atoms with Crippen molar-refractivity contribution >= 4 is 0 Å². The van der Waals surface area contributed by atoms with Gasteiger partial charge in [0.1, 0.15) is 0 Å². The predicted molar refractivity (Wildman–Crippen MR) is 71.8 cm³/mol. The summed E-state index contributed by atoms with van der Waals surface area (Å²) in [6.45, 7) is 3.18. The Kier molecular flexibility index (Phi) is 3.40. The summed E-state index contributed by atoms with van der Waals surface area (Å²) < 4.78 is 0. The second kappa shape index (κ2) is 5.02. The van der Waals surface area contributed by atoms with Gasteiger partial charge in [-0.05, 0) is 38.2 Å². The van der Waals surface area contributed by atoms with E-state index in [2.05, 4.69) is 36.1 Å². The highest BCUT2D eigenvalue weighted by molar-refractivity contribution is 5.39. The van der Waals surface area contributed by atoms with E-state index in [4.69, 9.17) is 0 Å². The van der Waals surface area contributed by atoms with Gasteiger partial charge in [0.2, 0.25) is 0 Å². The Morgan fingerprint density at radius 3 is 2.50 bits per heavy atom. The minimum absolute atomic E-state index is 0.266. The Hall–Kier alpha value is -0.860. The van der Waals surface area contributed by atoms with Crippen molar-refractivity contribution in [3.05, 3.63) is 67.5 Å². The molecule has 93 valence electrons. The van der Waals surface area contributed by atoms with E-state index >= 15 is 0 Å². The second-order valence-corrected chi connectivity index (χ2v) is 5.01. The third-order valence-corrected chi connectivity index (χ3v) is 3.86. The van der Waals surface area contributed by atoms with Gasteiger partial charge in [0.15, 0.2) is 0 Å². The second-order valence-electron chi connectivity index (χ2n) is 5.01. The molecule has 1 aliphatic carbocycles. The lowest BCUT2D eigenvalue weighted by molar-refractivity contribution is 0.168. The standard InChI is InChI=1S/C16H18NO/c1-12(13-7-3-2-4-8-13)17-11-15(17)16(18)14-9-5-6-10-14/h2-10,12,15-16,18H,11H2,1H3/t12-,15+,16+,17?/m1/s1. The topological polar surface area (TPSA) is 23.2 Å². The Labute approximate surface area is 110 Å². The minimum Gasteiger partial charge on any atom is -0.391 e. The van der Waals surface area contributed by atoms with Gasteiger partial charge in [-0.2, -0.15) is 0 Å². The van der Waals surface area contributed by atoms with Crippen LogP contribution in [0.2, 0.25) is 0 Å². The summed E-state index contributed by atoms with van der Waals surface area (Å²) in [4.78, 5) is 2.34. The number of nitrogens with zero attached hydrogens (tertiary/aromatic N) is 1. The summed E-state index contributed by atoms with van der Waals surface area (Å²) in [5.74, 6) is 1.03. The Morgan fingerprint density at radius 2 is 1.83 bits per heavy atom. The van der Waals surface area contributed by atoms with Crippen molar-refractivity contribution < 1.29 is 5.11 Å². The van der Waals surface area contributed by atoms with Gasteiger partial charge in [0, 0.05) is 24.5 Å². The van der Waals surface area contributed by atoms with Gasteiger partial charge < -0.3 is 5.11 Å². The molecule has 2 nitrogen and oxygen atoms in total. The van der Waals surface area contributed by atoms with Crippen LogP contribution in [-0.4, -0.2) is 28.7 Å². The smallest absolute Gasteiger partial charge is 0.0776 e. The molecule has 2 fully saturated rings. The molecule has 0 spiro atoms. The van der Waals surface area contributed by atoms with Crippen LogP contribution in [0.4, 0.5) is 0 Å². The van der Waals surface area contributed by atoms with Crippen molar-refractivity contribution in [3.63, 3.8) is 0 Å². The van der Waals surface area contributed by atoms with Crippen LogP contribution in [0.25, 0.3) is 0 Å². The molecule has 1 unspecified atom stereocenters. The molecule has 1 aromatic carbocycles. The van der Waals surface area contributed by atoms with Gasteiger partial charge in [0.05, 0.1) is 6.10 Å². The van der Waals surface area contributed by atoms with Gasteiger partial charge in [0.25, 0.3) is 0 Å². The number of rotatable bonds is 4. The third kappa shape index (κ3) is 2.32. The molecule has 18 heavy (non-hydrogen) atoms. The predicted octanol–water partition coefficient (Wildman–Crippen LogP) is 2.20. The van der Waals surface area contributed by atoms with Crippen LogP contribution in [0.5, 0.6) is 0 Å². The molecule has 1 saturated carbocycles. The van der Waals surface area contributed by atoms with Crippen molar-refractivity contribution in [2.24, 2.45) is 0 Å². The fourth-order valence-electron chi connectivity index (χ4n) is 2.63. The van der Waals surface area contributed by atoms with Gasteiger partial charge in [-0.25, -0.2) is 0 Å². The number of aliphatic hydroxyl groups excluding tert-OH is 1. The summed E-state index contributed by atoms with van der Waals surface area (Å²) >= 11 is 0. The highest BCUT2D eigenvalue weighted by Gasteiger charge is 2.46. The molecule has 1 N–H and O–H groups in total. The van der Waals surface area contributed by atoms with Crippen LogP contribution < -0.4 is 0 Å². The lowest BCUT2D eigenvalue weighted by Gasteiger charge is -2.20. The zero-order valence-electron chi connectivity index (χ0n) is 10.5. The third-order valence-electron chi connectivity index (χ3n) is 3.86. The molecular weight excluding hydrogens is 222 g/mol. The molecule has 0 aromatic heterocycles. The number of hydrogen-bond acceptors (Lipinski definition) is 2. The molecule has 4 atom stereocenters. The van der Waals surface area contributed by atoms with E-state index in [0.29, 0.717) is 6.04 Å². The zero-order valence-corrected chi connectivity index (χ0v) is 10.5. The summed E-state index contributed by atoms with van der Waals surface area (Å²) in [6, 6.07) is 11.1. The summed E-state index contributed by atoms with van der Waals surface area (Å²) in [5, 5.41) is 10.3. The SMILES string of the molecule is C[C@H](c1ccccc1)N1C[C@H]1[C@@H](O)[C]1[CH][CH][CH][CH]1. The molecule has 1 aromatic rings. The molecule has 2 aliphatic rings. The minimum atomic E-state index is -0.355. The first kappa shape index (κ1) is 12.2. The van der Waals surface area contributed by atoms with Gasteiger partial charge in [-0.3, -0.25) is 4.90 Å². The number of hydrogen-bond donors (Lipinski definition) is 1. The average Bonchev–Trinajstić information content (AvgIpc) is 3.03. The van der Waals surface area contributed by atoms with Gasteiger partial charge >= 0.3 is 0 Å². The van der Waals surface area contributed by atoms with Crippen LogP contribution in [0.1, 0.15) is 18.5 Å². The highest BCUT2D eigenvalue weighted by atomic mass is 16.3. The fourth-order valence-corrected chi connectivity index (χ4v) is 2.63. The Bertz CT molecular complexity index is 385. The molecule has 5 radical (unpaired) electrons. The maximum absolute atomic E-state index is 10.3. The number of aliphatic hydroxyl groups is 1. The first-order valence-electron chi connectivity index (χ1n) is 6.48. The zero-order chi connectivity index (χ0) is 12.5. The molecule has 0 bridgehead atoms. The molecular formula is C16H18NO. The lowest BCUT2D eigenvalue weighted by Crippen LogP contribution is -2.26. The van der Waals surface area contributed by atoms with Crippen LogP contribution >= 0.6 is 0 Å². The van der Waals surface area contributed by atoms with Gasteiger partial charge in [-0.1, -0.05) is 30.3 Å². The highest BCUT2D eigenvalue weighted by Crippen LogP contribution is 2.39. The lowest BCUT2D eigenvalue weighted by atomic mass is 9.98. The average molecular weight is 240 g/mol. The van der Waals surface area contributed by atoms with E-state index < -0.39 is 0 Å².